The SMILES string of the molecule is Cc1ccc(-n2c(SCC(=O)Nc3ccc(C(N)=O)cc3)nnc2-c2ccccc2)cc1. The average molecular weight is 444 g/mol. The molecule has 0 fully saturated rings. The lowest BCUT2D eigenvalue weighted by atomic mass is 10.2. The molecule has 4 rings (SSSR count). The Labute approximate surface area is 189 Å². The van der Waals surface area contributed by atoms with Gasteiger partial charge in [0.25, 0.3) is 0 Å². The molecule has 0 atom stereocenters. The van der Waals surface area contributed by atoms with Gasteiger partial charge in [0.05, 0.1) is 5.75 Å². The van der Waals surface area contributed by atoms with E-state index in [-0.39, 0.29) is 11.7 Å². The van der Waals surface area contributed by atoms with Gasteiger partial charge in [-0.05, 0) is 43.3 Å². The van der Waals surface area contributed by atoms with E-state index in [2.05, 4.69) is 15.5 Å². The molecule has 0 unspecified atom stereocenters. The highest BCUT2D eigenvalue weighted by Gasteiger charge is 2.17. The standard InChI is InChI=1S/C24H21N5O2S/c1-16-7-13-20(14-8-16)29-23(18-5-3-2-4-6-18)27-28-24(29)32-15-21(30)26-19-11-9-17(10-12-19)22(25)31/h2-14H,15H2,1H3,(H2,25,31)(H,26,30). The van der Waals surface area contributed by atoms with Crippen LogP contribution in [0.1, 0.15) is 15.9 Å². The molecule has 7 nitrogen and oxygen atoms in total. The Morgan fingerprint density at radius 2 is 1.62 bits per heavy atom. The number of hydrogen-bond acceptors (Lipinski definition) is 5. The number of benzene rings is 3. The van der Waals surface area contributed by atoms with Crippen LogP contribution in [0.3, 0.4) is 0 Å². The Morgan fingerprint density at radius 3 is 2.28 bits per heavy atom. The number of rotatable bonds is 7. The topological polar surface area (TPSA) is 103 Å². The van der Waals surface area contributed by atoms with Gasteiger partial charge in [0, 0.05) is 22.5 Å². The minimum Gasteiger partial charge on any atom is -0.366 e. The lowest BCUT2D eigenvalue weighted by Crippen LogP contribution is -2.15. The molecule has 160 valence electrons. The zero-order valence-electron chi connectivity index (χ0n) is 17.4. The minimum atomic E-state index is -0.511. The smallest absolute Gasteiger partial charge is 0.248 e. The molecular formula is C24H21N5O2S. The van der Waals surface area contributed by atoms with E-state index in [1.54, 1.807) is 24.3 Å². The summed E-state index contributed by atoms with van der Waals surface area (Å²) in [5, 5.41) is 12.2. The first-order chi connectivity index (χ1) is 15.5. The van der Waals surface area contributed by atoms with E-state index in [0.29, 0.717) is 22.2 Å². The Morgan fingerprint density at radius 1 is 0.938 bits per heavy atom. The van der Waals surface area contributed by atoms with Crippen LogP contribution in [-0.4, -0.2) is 32.3 Å². The van der Waals surface area contributed by atoms with Gasteiger partial charge < -0.3 is 11.1 Å². The Bertz CT molecular complexity index is 1240. The maximum Gasteiger partial charge on any atom is 0.248 e. The van der Waals surface area contributed by atoms with Crippen LogP contribution in [0.4, 0.5) is 5.69 Å². The van der Waals surface area contributed by atoms with E-state index in [1.807, 2.05) is 66.1 Å². The molecule has 4 aromatic rings. The first-order valence-electron chi connectivity index (χ1n) is 9.91. The first kappa shape index (κ1) is 21.3. The zero-order valence-corrected chi connectivity index (χ0v) is 18.2. The van der Waals surface area contributed by atoms with Crippen LogP contribution in [-0.2, 0) is 4.79 Å². The third kappa shape index (κ3) is 4.87. The van der Waals surface area contributed by atoms with Gasteiger partial charge in [0.1, 0.15) is 0 Å². The molecule has 0 saturated heterocycles. The minimum absolute atomic E-state index is 0.149. The number of carbonyl (C=O) groups excluding carboxylic acids is 2. The van der Waals surface area contributed by atoms with Gasteiger partial charge in [-0.25, -0.2) is 0 Å². The van der Waals surface area contributed by atoms with Crippen LogP contribution >= 0.6 is 11.8 Å². The average Bonchev–Trinajstić information content (AvgIpc) is 3.23. The summed E-state index contributed by atoms with van der Waals surface area (Å²) in [5.41, 5.74) is 9.23. The maximum absolute atomic E-state index is 12.5. The second-order valence-corrected chi connectivity index (χ2v) is 8.06. The summed E-state index contributed by atoms with van der Waals surface area (Å²) in [6, 6.07) is 24.3. The fourth-order valence-corrected chi connectivity index (χ4v) is 3.86. The molecule has 1 heterocycles. The number of amides is 2. The molecule has 32 heavy (non-hydrogen) atoms. The van der Waals surface area contributed by atoms with Crippen LogP contribution in [0.15, 0.2) is 84.0 Å². The van der Waals surface area contributed by atoms with Crippen molar-refractivity contribution in [2.24, 2.45) is 5.73 Å². The molecule has 3 aromatic carbocycles. The van der Waals surface area contributed by atoms with Gasteiger partial charge in [-0.1, -0.05) is 59.8 Å². The second-order valence-electron chi connectivity index (χ2n) is 7.12. The number of carbonyl (C=O) groups is 2. The van der Waals surface area contributed by atoms with Crippen molar-refractivity contribution in [2.45, 2.75) is 12.1 Å². The van der Waals surface area contributed by atoms with Crippen molar-refractivity contribution in [3.05, 3.63) is 90.0 Å². The highest BCUT2D eigenvalue weighted by molar-refractivity contribution is 7.99. The van der Waals surface area contributed by atoms with Gasteiger partial charge >= 0.3 is 0 Å². The number of anilines is 1. The van der Waals surface area contributed by atoms with E-state index < -0.39 is 5.91 Å². The normalized spacial score (nSPS) is 10.7. The summed E-state index contributed by atoms with van der Waals surface area (Å²) in [6.07, 6.45) is 0. The molecule has 1 aromatic heterocycles. The monoisotopic (exact) mass is 443 g/mol. The third-order valence-corrected chi connectivity index (χ3v) is 5.67. The van der Waals surface area contributed by atoms with Crippen LogP contribution in [0.5, 0.6) is 0 Å². The Kier molecular flexibility index (Phi) is 6.32. The maximum atomic E-state index is 12.5. The number of primary amides is 1. The summed E-state index contributed by atoms with van der Waals surface area (Å²) in [5.74, 6) is 0.153. The van der Waals surface area contributed by atoms with Crippen molar-refractivity contribution in [2.75, 3.05) is 11.1 Å². The summed E-state index contributed by atoms with van der Waals surface area (Å²) >= 11 is 1.30. The quantitative estimate of drug-likeness (QED) is 0.419. The highest BCUT2D eigenvalue weighted by atomic mass is 32.2. The summed E-state index contributed by atoms with van der Waals surface area (Å²) in [4.78, 5) is 23.7. The molecule has 0 bridgehead atoms. The molecule has 3 N–H and O–H groups in total. The van der Waals surface area contributed by atoms with E-state index in [1.165, 1.54) is 11.8 Å². The molecule has 0 radical (unpaired) electrons. The van der Waals surface area contributed by atoms with Gasteiger partial charge in [-0.3, -0.25) is 14.2 Å². The van der Waals surface area contributed by atoms with Crippen LogP contribution < -0.4 is 11.1 Å². The Hall–Kier alpha value is -3.91. The number of aryl methyl sites for hydroxylation is 1. The fourth-order valence-electron chi connectivity index (χ4n) is 3.11. The molecule has 2 amide bonds. The van der Waals surface area contributed by atoms with E-state index in [9.17, 15) is 9.59 Å². The molecule has 0 spiro atoms. The molecule has 0 aliphatic carbocycles. The van der Waals surface area contributed by atoms with Crippen molar-refractivity contribution >= 4 is 29.3 Å². The lowest BCUT2D eigenvalue weighted by molar-refractivity contribution is -0.113. The molecule has 0 aliphatic rings. The van der Waals surface area contributed by atoms with Crippen LogP contribution in [0, 0.1) is 6.92 Å². The zero-order chi connectivity index (χ0) is 22.5. The van der Waals surface area contributed by atoms with Gasteiger partial charge in [0.2, 0.25) is 11.8 Å². The van der Waals surface area contributed by atoms with Gasteiger partial charge in [-0.2, -0.15) is 0 Å². The number of hydrogen-bond donors (Lipinski definition) is 2. The van der Waals surface area contributed by atoms with E-state index in [4.69, 9.17) is 5.73 Å². The van der Waals surface area contributed by atoms with E-state index >= 15 is 0 Å². The van der Waals surface area contributed by atoms with Crippen molar-refractivity contribution in [3.8, 4) is 17.1 Å². The van der Waals surface area contributed by atoms with Crippen molar-refractivity contribution in [1.29, 1.82) is 0 Å². The van der Waals surface area contributed by atoms with Crippen molar-refractivity contribution in [3.63, 3.8) is 0 Å². The van der Waals surface area contributed by atoms with Crippen molar-refractivity contribution in [1.82, 2.24) is 14.8 Å². The lowest BCUT2D eigenvalue weighted by Gasteiger charge is -2.11. The van der Waals surface area contributed by atoms with E-state index in [0.717, 1.165) is 16.8 Å². The summed E-state index contributed by atoms with van der Waals surface area (Å²) < 4.78 is 1.95. The van der Waals surface area contributed by atoms with Crippen LogP contribution in [0.2, 0.25) is 0 Å². The van der Waals surface area contributed by atoms with Gasteiger partial charge in [-0.15, -0.1) is 10.2 Å². The predicted molar refractivity (Wildman–Crippen MR) is 126 cm³/mol. The predicted octanol–water partition coefficient (Wildman–Crippen LogP) is 4.07. The molecule has 0 saturated carbocycles. The Balaban J connectivity index is 1.54. The van der Waals surface area contributed by atoms with Crippen molar-refractivity contribution < 1.29 is 9.59 Å². The third-order valence-electron chi connectivity index (χ3n) is 4.74. The van der Waals surface area contributed by atoms with Gasteiger partial charge in [0.15, 0.2) is 11.0 Å². The van der Waals surface area contributed by atoms with Crippen LogP contribution in [0.25, 0.3) is 17.1 Å². The summed E-state index contributed by atoms with van der Waals surface area (Å²) in [6.45, 7) is 2.03. The molecule has 8 heteroatoms. The number of nitrogens with zero attached hydrogens (tertiary/aromatic N) is 3. The number of nitrogens with two attached hydrogens (primary N) is 1. The largest absolute Gasteiger partial charge is 0.366 e. The second kappa shape index (κ2) is 9.49. The summed E-state index contributed by atoms with van der Waals surface area (Å²) in [7, 11) is 0. The number of aromatic nitrogens is 3. The number of thioether (sulfide) groups is 1. The molecule has 0 aliphatic heterocycles. The highest BCUT2D eigenvalue weighted by Crippen LogP contribution is 2.28. The number of nitrogens with one attached hydrogen (secondary N) is 1. The first-order valence-corrected chi connectivity index (χ1v) is 10.9. The molecular weight excluding hydrogens is 422 g/mol. The fraction of sp³-hybridized carbons (Fsp3) is 0.0833.